The van der Waals surface area contributed by atoms with Crippen LogP contribution in [0.2, 0.25) is 5.02 Å². The van der Waals surface area contributed by atoms with Crippen LogP contribution >= 0.6 is 11.6 Å². The highest BCUT2D eigenvalue weighted by Crippen LogP contribution is 2.31. The predicted octanol–water partition coefficient (Wildman–Crippen LogP) is 4.60. The summed E-state index contributed by atoms with van der Waals surface area (Å²) < 4.78 is 5.82. The minimum Gasteiger partial charge on any atom is -0.454 e. The molecule has 1 aromatic heterocycles. The van der Waals surface area contributed by atoms with Crippen LogP contribution in [0.3, 0.4) is 0 Å². The van der Waals surface area contributed by atoms with E-state index >= 15 is 0 Å². The van der Waals surface area contributed by atoms with Crippen molar-refractivity contribution in [2.24, 2.45) is 0 Å². The van der Waals surface area contributed by atoms with E-state index in [9.17, 15) is 4.79 Å². The van der Waals surface area contributed by atoms with Gasteiger partial charge in [0.1, 0.15) is 11.5 Å². The molecular formula is C16H16ClNO2. The molecule has 0 N–H and O–H groups in total. The number of ketones is 1. The SMILES string of the molecule is CCc1nc(C)ccc1Oc1ccc(C(C)=O)cc1Cl. The largest absolute Gasteiger partial charge is 0.454 e. The van der Waals surface area contributed by atoms with Crippen molar-refractivity contribution in [3.63, 3.8) is 0 Å². The van der Waals surface area contributed by atoms with Gasteiger partial charge in [0.25, 0.3) is 0 Å². The minimum absolute atomic E-state index is 0.0234. The van der Waals surface area contributed by atoms with Crippen LogP contribution in [0.5, 0.6) is 11.5 Å². The Balaban J connectivity index is 2.33. The third kappa shape index (κ3) is 3.17. The fourth-order valence-electron chi connectivity index (χ4n) is 1.87. The van der Waals surface area contributed by atoms with Gasteiger partial charge in [-0.2, -0.15) is 0 Å². The standard InChI is InChI=1S/C16H16ClNO2/c1-4-14-16(7-5-10(2)18-14)20-15-8-6-12(11(3)19)9-13(15)17/h5-9H,4H2,1-3H3. The van der Waals surface area contributed by atoms with Crippen molar-refractivity contribution >= 4 is 17.4 Å². The summed E-state index contributed by atoms with van der Waals surface area (Å²) in [5.74, 6) is 1.19. The van der Waals surface area contributed by atoms with Crippen molar-refractivity contribution in [2.45, 2.75) is 27.2 Å². The number of carbonyl (C=O) groups is 1. The lowest BCUT2D eigenvalue weighted by molar-refractivity contribution is 0.101. The Bertz CT molecular complexity index is 653. The van der Waals surface area contributed by atoms with E-state index < -0.39 is 0 Å². The number of Topliss-reactive ketones (excluding diaryl/α,β-unsaturated/α-hetero) is 1. The van der Waals surface area contributed by atoms with Gasteiger partial charge in [-0.1, -0.05) is 18.5 Å². The first-order chi connectivity index (χ1) is 9.51. The normalized spacial score (nSPS) is 10.4. The van der Waals surface area contributed by atoms with Gasteiger partial charge in [0.2, 0.25) is 0 Å². The van der Waals surface area contributed by atoms with E-state index in [1.807, 2.05) is 26.0 Å². The maximum atomic E-state index is 11.3. The molecule has 0 bridgehead atoms. The highest BCUT2D eigenvalue weighted by molar-refractivity contribution is 6.32. The number of hydrogen-bond acceptors (Lipinski definition) is 3. The monoisotopic (exact) mass is 289 g/mol. The molecule has 0 fully saturated rings. The number of rotatable bonds is 4. The third-order valence-corrected chi connectivity index (χ3v) is 3.26. The van der Waals surface area contributed by atoms with Gasteiger partial charge in [-0.05, 0) is 50.6 Å². The van der Waals surface area contributed by atoms with Gasteiger partial charge in [-0.15, -0.1) is 0 Å². The average Bonchev–Trinajstić information content (AvgIpc) is 2.42. The second-order valence-electron chi connectivity index (χ2n) is 4.55. The molecule has 0 aliphatic carbocycles. The van der Waals surface area contributed by atoms with E-state index in [0.717, 1.165) is 17.8 Å². The number of pyridine rings is 1. The van der Waals surface area contributed by atoms with Crippen LogP contribution in [-0.2, 0) is 6.42 Å². The fraction of sp³-hybridized carbons (Fsp3) is 0.250. The first kappa shape index (κ1) is 14.5. The molecule has 0 aliphatic rings. The highest BCUT2D eigenvalue weighted by Gasteiger charge is 2.10. The molecule has 2 rings (SSSR count). The molecule has 4 heteroatoms. The van der Waals surface area contributed by atoms with E-state index in [4.69, 9.17) is 16.3 Å². The molecule has 0 amide bonds. The molecule has 0 saturated carbocycles. The van der Waals surface area contributed by atoms with Gasteiger partial charge in [0.15, 0.2) is 5.78 Å². The van der Waals surface area contributed by atoms with Gasteiger partial charge < -0.3 is 4.74 Å². The highest BCUT2D eigenvalue weighted by atomic mass is 35.5. The molecule has 20 heavy (non-hydrogen) atoms. The lowest BCUT2D eigenvalue weighted by atomic mass is 10.1. The second kappa shape index (κ2) is 6.06. The molecule has 1 heterocycles. The molecule has 1 aromatic carbocycles. The molecule has 0 spiro atoms. The van der Waals surface area contributed by atoms with Gasteiger partial charge in [-0.25, -0.2) is 0 Å². The number of benzene rings is 1. The van der Waals surface area contributed by atoms with E-state index in [1.165, 1.54) is 6.92 Å². The molecule has 2 aromatic rings. The number of carbonyl (C=O) groups excluding carboxylic acids is 1. The summed E-state index contributed by atoms with van der Waals surface area (Å²) >= 11 is 6.15. The third-order valence-electron chi connectivity index (χ3n) is 2.96. The van der Waals surface area contributed by atoms with Crippen LogP contribution in [0.25, 0.3) is 0 Å². The molecule has 3 nitrogen and oxygen atoms in total. The van der Waals surface area contributed by atoms with Crippen molar-refractivity contribution in [3.05, 3.63) is 52.3 Å². The topological polar surface area (TPSA) is 39.2 Å². The van der Waals surface area contributed by atoms with Crippen molar-refractivity contribution in [3.8, 4) is 11.5 Å². The van der Waals surface area contributed by atoms with Crippen LogP contribution in [-0.4, -0.2) is 10.8 Å². The van der Waals surface area contributed by atoms with Crippen molar-refractivity contribution in [1.29, 1.82) is 0 Å². The molecule has 0 radical (unpaired) electrons. The Morgan fingerprint density at radius 2 is 1.95 bits per heavy atom. The maximum absolute atomic E-state index is 11.3. The summed E-state index contributed by atoms with van der Waals surface area (Å²) in [5.41, 5.74) is 2.41. The molecular weight excluding hydrogens is 274 g/mol. The van der Waals surface area contributed by atoms with Crippen LogP contribution in [0.15, 0.2) is 30.3 Å². The molecule has 0 saturated heterocycles. The van der Waals surface area contributed by atoms with Gasteiger partial charge in [-0.3, -0.25) is 9.78 Å². The first-order valence-electron chi connectivity index (χ1n) is 6.46. The average molecular weight is 290 g/mol. The van der Waals surface area contributed by atoms with Gasteiger partial charge in [0, 0.05) is 11.3 Å². The number of nitrogens with zero attached hydrogens (tertiary/aromatic N) is 1. The first-order valence-corrected chi connectivity index (χ1v) is 6.84. The molecule has 0 aliphatic heterocycles. The lowest BCUT2D eigenvalue weighted by Crippen LogP contribution is -1.97. The summed E-state index contributed by atoms with van der Waals surface area (Å²) in [6, 6.07) is 8.81. The van der Waals surface area contributed by atoms with Crippen LogP contribution in [0.4, 0.5) is 0 Å². The zero-order chi connectivity index (χ0) is 14.7. The van der Waals surface area contributed by atoms with Gasteiger partial charge in [0.05, 0.1) is 10.7 Å². The fourth-order valence-corrected chi connectivity index (χ4v) is 2.08. The number of halogens is 1. The zero-order valence-corrected chi connectivity index (χ0v) is 12.5. The van der Waals surface area contributed by atoms with Gasteiger partial charge >= 0.3 is 0 Å². The Morgan fingerprint density at radius 3 is 2.55 bits per heavy atom. The Hall–Kier alpha value is -1.87. The predicted molar refractivity (Wildman–Crippen MR) is 79.9 cm³/mol. The Kier molecular flexibility index (Phi) is 4.40. The van der Waals surface area contributed by atoms with Crippen molar-refractivity contribution in [1.82, 2.24) is 4.98 Å². The van der Waals surface area contributed by atoms with Crippen LogP contribution in [0, 0.1) is 6.92 Å². The quantitative estimate of drug-likeness (QED) is 0.772. The van der Waals surface area contributed by atoms with E-state index in [2.05, 4.69) is 4.98 Å². The van der Waals surface area contributed by atoms with E-state index in [0.29, 0.717) is 22.1 Å². The molecule has 0 atom stereocenters. The number of ether oxygens (including phenoxy) is 1. The van der Waals surface area contributed by atoms with Crippen molar-refractivity contribution in [2.75, 3.05) is 0 Å². The maximum Gasteiger partial charge on any atom is 0.159 e. The Morgan fingerprint density at radius 1 is 1.25 bits per heavy atom. The zero-order valence-electron chi connectivity index (χ0n) is 11.7. The molecule has 104 valence electrons. The smallest absolute Gasteiger partial charge is 0.159 e. The summed E-state index contributed by atoms with van der Waals surface area (Å²) in [6.45, 7) is 5.47. The van der Waals surface area contributed by atoms with E-state index in [-0.39, 0.29) is 5.78 Å². The minimum atomic E-state index is -0.0234. The number of aromatic nitrogens is 1. The number of hydrogen-bond donors (Lipinski definition) is 0. The van der Waals surface area contributed by atoms with E-state index in [1.54, 1.807) is 18.2 Å². The summed E-state index contributed by atoms with van der Waals surface area (Å²) in [5, 5.41) is 0.417. The second-order valence-corrected chi connectivity index (χ2v) is 4.96. The van der Waals surface area contributed by atoms with Crippen LogP contribution < -0.4 is 4.74 Å². The Labute approximate surface area is 123 Å². The van der Waals surface area contributed by atoms with Crippen LogP contribution in [0.1, 0.15) is 35.6 Å². The van der Waals surface area contributed by atoms with Crippen molar-refractivity contribution < 1.29 is 9.53 Å². The lowest BCUT2D eigenvalue weighted by Gasteiger charge is -2.11. The summed E-state index contributed by atoms with van der Waals surface area (Å²) in [4.78, 5) is 15.7. The summed E-state index contributed by atoms with van der Waals surface area (Å²) in [7, 11) is 0. The summed E-state index contributed by atoms with van der Waals surface area (Å²) in [6.07, 6.45) is 0.778. The molecule has 0 unspecified atom stereocenters. The number of aryl methyl sites for hydroxylation is 2.